The third-order valence-corrected chi connectivity index (χ3v) is 4.18. The van der Waals surface area contributed by atoms with Gasteiger partial charge in [-0.3, -0.25) is 4.79 Å². The lowest BCUT2D eigenvalue weighted by Gasteiger charge is -2.21. The van der Waals surface area contributed by atoms with Gasteiger partial charge in [0, 0.05) is 12.6 Å². The zero-order chi connectivity index (χ0) is 14.2. The van der Waals surface area contributed by atoms with E-state index in [1.54, 1.807) is 0 Å². The van der Waals surface area contributed by atoms with Crippen molar-refractivity contribution in [1.29, 1.82) is 0 Å². The third kappa shape index (κ3) is 4.64. The molecule has 1 fully saturated rings. The maximum Gasteiger partial charge on any atom is 0.224 e. The van der Waals surface area contributed by atoms with Gasteiger partial charge in [-0.05, 0) is 24.8 Å². The Morgan fingerprint density at radius 1 is 1.15 bits per heavy atom. The Morgan fingerprint density at radius 2 is 1.80 bits per heavy atom. The van der Waals surface area contributed by atoms with Gasteiger partial charge in [-0.2, -0.15) is 0 Å². The Labute approximate surface area is 121 Å². The van der Waals surface area contributed by atoms with Crippen LogP contribution in [0.5, 0.6) is 0 Å². The summed E-state index contributed by atoms with van der Waals surface area (Å²) in [4.78, 5) is 12.4. The van der Waals surface area contributed by atoms with E-state index in [4.69, 9.17) is 5.73 Å². The highest BCUT2D eigenvalue weighted by Gasteiger charge is 2.21. The summed E-state index contributed by atoms with van der Waals surface area (Å²) in [6, 6.07) is 10.5. The fraction of sp³-hybridized carbons (Fsp3) is 0.588. The number of hydrogen-bond acceptors (Lipinski definition) is 2. The number of rotatable bonds is 5. The summed E-state index contributed by atoms with van der Waals surface area (Å²) in [7, 11) is 0. The van der Waals surface area contributed by atoms with Gasteiger partial charge in [-0.25, -0.2) is 0 Å². The minimum atomic E-state index is -0.111. The highest BCUT2D eigenvalue weighted by atomic mass is 16.1. The Morgan fingerprint density at radius 3 is 2.40 bits per heavy atom. The quantitative estimate of drug-likeness (QED) is 0.811. The topological polar surface area (TPSA) is 55.1 Å². The van der Waals surface area contributed by atoms with Crippen LogP contribution >= 0.6 is 0 Å². The molecule has 3 N–H and O–H groups in total. The van der Waals surface area contributed by atoms with Gasteiger partial charge in [-0.15, -0.1) is 0 Å². The van der Waals surface area contributed by atoms with Crippen LogP contribution in [0.25, 0.3) is 0 Å². The van der Waals surface area contributed by atoms with Crippen LogP contribution in [-0.2, 0) is 11.2 Å². The van der Waals surface area contributed by atoms with E-state index in [0.29, 0.717) is 12.6 Å². The van der Waals surface area contributed by atoms with Gasteiger partial charge in [0.05, 0.1) is 5.92 Å². The van der Waals surface area contributed by atoms with E-state index < -0.39 is 0 Å². The number of nitrogens with one attached hydrogen (secondary N) is 1. The summed E-state index contributed by atoms with van der Waals surface area (Å²) in [5.74, 6) is 0.0175. The van der Waals surface area contributed by atoms with Crippen molar-refractivity contribution in [3.05, 3.63) is 35.9 Å². The van der Waals surface area contributed by atoms with Gasteiger partial charge in [-0.1, -0.05) is 56.0 Å². The lowest BCUT2D eigenvalue weighted by atomic mass is 9.97. The van der Waals surface area contributed by atoms with Crippen LogP contribution in [0, 0.1) is 5.92 Å². The molecule has 1 aromatic carbocycles. The Kier molecular flexibility index (Phi) is 6.06. The van der Waals surface area contributed by atoms with Crippen molar-refractivity contribution in [2.45, 2.75) is 51.0 Å². The van der Waals surface area contributed by atoms with Crippen molar-refractivity contribution < 1.29 is 4.79 Å². The molecule has 3 nitrogen and oxygen atoms in total. The van der Waals surface area contributed by atoms with Gasteiger partial charge in [0.2, 0.25) is 5.91 Å². The van der Waals surface area contributed by atoms with E-state index in [1.165, 1.54) is 31.2 Å². The van der Waals surface area contributed by atoms with Crippen LogP contribution < -0.4 is 11.1 Å². The number of benzene rings is 1. The second kappa shape index (κ2) is 8.05. The second-order valence-electron chi connectivity index (χ2n) is 5.82. The van der Waals surface area contributed by atoms with E-state index in [2.05, 4.69) is 17.4 Å². The van der Waals surface area contributed by atoms with Crippen LogP contribution in [0.4, 0.5) is 0 Å². The molecule has 110 valence electrons. The van der Waals surface area contributed by atoms with Gasteiger partial charge in [0.15, 0.2) is 0 Å². The SMILES string of the molecule is NCC(Cc1ccccc1)C(=O)NC1CCCCCC1. The molecule has 0 bridgehead atoms. The smallest absolute Gasteiger partial charge is 0.224 e. The van der Waals surface area contributed by atoms with E-state index in [-0.39, 0.29) is 11.8 Å². The molecule has 0 aromatic heterocycles. The number of nitrogens with two attached hydrogens (primary N) is 1. The van der Waals surface area contributed by atoms with Crippen molar-refractivity contribution in [2.75, 3.05) is 6.54 Å². The standard InChI is InChI=1S/C17H26N2O/c18-13-15(12-14-8-4-3-5-9-14)17(20)19-16-10-6-1-2-7-11-16/h3-5,8-9,15-16H,1-2,6-7,10-13,18H2,(H,19,20). The van der Waals surface area contributed by atoms with Crippen molar-refractivity contribution in [3.8, 4) is 0 Å². The summed E-state index contributed by atoms with van der Waals surface area (Å²) in [6.07, 6.45) is 8.04. The number of carbonyl (C=O) groups excluding carboxylic acids is 1. The fourth-order valence-electron chi connectivity index (χ4n) is 2.92. The molecule has 2 rings (SSSR count). The first-order chi connectivity index (χ1) is 9.79. The monoisotopic (exact) mass is 274 g/mol. The zero-order valence-electron chi connectivity index (χ0n) is 12.2. The first kappa shape index (κ1) is 15.0. The molecule has 1 saturated carbocycles. The summed E-state index contributed by atoms with van der Waals surface area (Å²) >= 11 is 0. The lowest BCUT2D eigenvalue weighted by molar-refractivity contribution is -0.125. The molecule has 1 aromatic rings. The van der Waals surface area contributed by atoms with E-state index >= 15 is 0 Å². The maximum absolute atomic E-state index is 12.4. The van der Waals surface area contributed by atoms with Gasteiger partial charge in [0.25, 0.3) is 0 Å². The van der Waals surface area contributed by atoms with Crippen molar-refractivity contribution in [2.24, 2.45) is 11.7 Å². The van der Waals surface area contributed by atoms with Crippen LogP contribution in [0.3, 0.4) is 0 Å². The molecular formula is C17H26N2O. The molecule has 1 unspecified atom stereocenters. The van der Waals surface area contributed by atoms with Crippen LogP contribution in [0.1, 0.15) is 44.1 Å². The largest absolute Gasteiger partial charge is 0.353 e. The van der Waals surface area contributed by atoms with Crippen molar-refractivity contribution in [3.63, 3.8) is 0 Å². The fourth-order valence-corrected chi connectivity index (χ4v) is 2.92. The molecule has 0 radical (unpaired) electrons. The highest BCUT2D eigenvalue weighted by molar-refractivity contribution is 5.79. The van der Waals surface area contributed by atoms with Crippen molar-refractivity contribution in [1.82, 2.24) is 5.32 Å². The van der Waals surface area contributed by atoms with E-state index in [0.717, 1.165) is 19.3 Å². The van der Waals surface area contributed by atoms with Gasteiger partial charge in [0.1, 0.15) is 0 Å². The molecule has 3 heteroatoms. The molecule has 1 amide bonds. The van der Waals surface area contributed by atoms with E-state index in [9.17, 15) is 4.79 Å². The molecule has 20 heavy (non-hydrogen) atoms. The van der Waals surface area contributed by atoms with Gasteiger partial charge < -0.3 is 11.1 Å². The van der Waals surface area contributed by atoms with Crippen LogP contribution in [-0.4, -0.2) is 18.5 Å². The molecule has 0 heterocycles. The molecule has 0 aliphatic heterocycles. The summed E-state index contributed by atoms with van der Waals surface area (Å²) in [5, 5.41) is 3.21. The number of hydrogen-bond donors (Lipinski definition) is 2. The first-order valence-electron chi connectivity index (χ1n) is 7.84. The van der Waals surface area contributed by atoms with E-state index in [1.807, 2.05) is 18.2 Å². The van der Waals surface area contributed by atoms with Crippen LogP contribution in [0.15, 0.2) is 30.3 Å². The molecule has 0 spiro atoms. The normalized spacial score (nSPS) is 18.2. The number of amides is 1. The Hall–Kier alpha value is -1.35. The average Bonchev–Trinajstić information content (AvgIpc) is 2.74. The highest BCUT2D eigenvalue weighted by Crippen LogP contribution is 2.18. The number of carbonyl (C=O) groups is 1. The first-order valence-corrected chi connectivity index (χ1v) is 7.84. The summed E-state index contributed by atoms with van der Waals surface area (Å²) in [6.45, 7) is 0.410. The molecule has 1 aliphatic rings. The Balaban J connectivity index is 1.88. The van der Waals surface area contributed by atoms with Crippen LogP contribution in [0.2, 0.25) is 0 Å². The maximum atomic E-state index is 12.4. The predicted octanol–water partition coefficient (Wildman–Crippen LogP) is 2.64. The second-order valence-corrected chi connectivity index (χ2v) is 5.82. The lowest BCUT2D eigenvalue weighted by Crippen LogP contribution is -2.41. The molecule has 0 saturated heterocycles. The predicted molar refractivity (Wildman–Crippen MR) is 82.3 cm³/mol. The minimum Gasteiger partial charge on any atom is -0.353 e. The zero-order valence-corrected chi connectivity index (χ0v) is 12.2. The molecule has 1 aliphatic carbocycles. The minimum absolute atomic E-state index is 0.111. The van der Waals surface area contributed by atoms with Crippen molar-refractivity contribution >= 4 is 5.91 Å². The van der Waals surface area contributed by atoms with Gasteiger partial charge >= 0.3 is 0 Å². The molecular weight excluding hydrogens is 248 g/mol. The summed E-state index contributed by atoms with van der Waals surface area (Å²) < 4.78 is 0. The third-order valence-electron chi connectivity index (χ3n) is 4.18. The summed E-state index contributed by atoms with van der Waals surface area (Å²) in [5.41, 5.74) is 6.98. The molecule has 1 atom stereocenters. The average molecular weight is 274 g/mol. The Bertz CT molecular complexity index is 397.